The number of benzene rings is 2. The number of aromatic nitrogens is 1. The topological polar surface area (TPSA) is 71.2 Å². The molecule has 0 unspecified atom stereocenters. The summed E-state index contributed by atoms with van der Waals surface area (Å²) in [5.41, 5.74) is 8.06. The van der Waals surface area contributed by atoms with Gasteiger partial charge < -0.3 is 16.0 Å². The molecule has 0 bridgehead atoms. The zero-order valence-corrected chi connectivity index (χ0v) is 17.6. The smallest absolute Gasteiger partial charge is 0.236 e. The molecule has 2 aromatic carbocycles. The van der Waals surface area contributed by atoms with Crippen molar-refractivity contribution in [2.45, 2.75) is 25.9 Å². The standard InChI is InChI=1S/C23H28N4O.ClH/c1-18(26-15-20-7-8-22-16-25-11-9-21(22)13-20)17-27(23(28)14-24)12-10-19-5-3-2-4-6-19;/h2-9,11,13,16,18,26H,10,12,14-15,17,24H2,1H3;1H/t18-;/m1./s1. The van der Waals surface area contributed by atoms with Gasteiger partial charge in [0.2, 0.25) is 5.91 Å². The third-order valence-corrected chi connectivity index (χ3v) is 4.89. The van der Waals surface area contributed by atoms with Crippen molar-refractivity contribution in [2.24, 2.45) is 5.73 Å². The summed E-state index contributed by atoms with van der Waals surface area (Å²) in [6.45, 7) is 4.21. The first-order valence-electron chi connectivity index (χ1n) is 9.73. The minimum absolute atomic E-state index is 0. The fourth-order valence-electron chi connectivity index (χ4n) is 3.29. The Morgan fingerprint density at radius 3 is 2.66 bits per heavy atom. The van der Waals surface area contributed by atoms with Gasteiger partial charge in [0, 0.05) is 43.5 Å². The maximum absolute atomic E-state index is 12.3. The fourth-order valence-corrected chi connectivity index (χ4v) is 3.29. The van der Waals surface area contributed by atoms with Crippen LogP contribution in [0.25, 0.3) is 10.8 Å². The van der Waals surface area contributed by atoms with Crippen molar-refractivity contribution in [3.8, 4) is 0 Å². The van der Waals surface area contributed by atoms with Gasteiger partial charge in [-0.25, -0.2) is 0 Å². The number of rotatable bonds is 9. The second-order valence-corrected chi connectivity index (χ2v) is 7.12. The van der Waals surface area contributed by atoms with Gasteiger partial charge in [-0.05, 0) is 42.0 Å². The highest BCUT2D eigenvalue weighted by Crippen LogP contribution is 2.14. The number of halogens is 1. The van der Waals surface area contributed by atoms with Crippen molar-refractivity contribution in [1.82, 2.24) is 15.2 Å². The van der Waals surface area contributed by atoms with Gasteiger partial charge in [-0.2, -0.15) is 0 Å². The number of carbonyl (C=O) groups excluding carboxylic acids is 1. The van der Waals surface area contributed by atoms with Gasteiger partial charge in [0.05, 0.1) is 6.54 Å². The van der Waals surface area contributed by atoms with E-state index < -0.39 is 0 Å². The Hall–Kier alpha value is -2.47. The highest BCUT2D eigenvalue weighted by molar-refractivity contribution is 5.85. The molecule has 29 heavy (non-hydrogen) atoms. The lowest BCUT2D eigenvalue weighted by atomic mass is 10.1. The molecule has 3 N–H and O–H groups in total. The van der Waals surface area contributed by atoms with Gasteiger partial charge in [-0.3, -0.25) is 9.78 Å². The van der Waals surface area contributed by atoms with Crippen LogP contribution in [0.1, 0.15) is 18.1 Å². The summed E-state index contributed by atoms with van der Waals surface area (Å²) in [5, 5.41) is 5.84. The molecule has 154 valence electrons. The number of pyridine rings is 1. The van der Waals surface area contributed by atoms with Crippen LogP contribution < -0.4 is 11.1 Å². The maximum Gasteiger partial charge on any atom is 0.236 e. The molecule has 3 aromatic rings. The van der Waals surface area contributed by atoms with Crippen LogP contribution in [0.15, 0.2) is 67.0 Å². The molecule has 1 aromatic heterocycles. The van der Waals surface area contributed by atoms with Crippen LogP contribution >= 0.6 is 12.4 Å². The summed E-state index contributed by atoms with van der Waals surface area (Å²) in [5.74, 6) is -0.0113. The predicted octanol–water partition coefficient (Wildman–Crippen LogP) is 3.16. The molecular formula is C23H29ClN4O. The highest BCUT2D eigenvalue weighted by atomic mass is 35.5. The molecule has 5 nitrogen and oxygen atoms in total. The van der Waals surface area contributed by atoms with E-state index in [0.717, 1.165) is 18.4 Å². The molecule has 0 saturated carbocycles. The van der Waals surface area contributed by atoms with E-state index in [-0.39, 0.29) is 30.9 Å². The van der Waals surface area contributed by atoms with E-state index in [1.54, 1.807) is 0 Å². The number of hydrogen-bond donors (Lipinski definition) is 2. The van der Waals surface area contributed by atoms with E-state index in [9.17, 15) is 4.79 Å². The van der Waals surface area contributed by atoms with Crippen LogP contribution in [0.5, 0.6) is 0 Å². The number of hydrogen-bond acceptors (Lipinski definition) is 4. The third kappa shape index (κ3) is 6.82. The van der Waals surface area contributed by atoms with Crippen LogP contribution in [-0.2, 0) is 17.8 Å². The van der Waals surface area contributed by atoms with Crippen LogP contribution in [0, 0.1) is 0 Å². The van der Waals surface area contributed by atoms with Gasteiger partial charge in [0.15, 0.2) is 0 Å². The Balaban J connectivity index is 0.00000300. The normalized spacial score (nSPS) is 11.7. The second-order valence-electron chi connectivity index (χ2n) is 7.12. The van der Waals surface area contributed by atoms with Crippen LogP contribution in [0.4, 0.5) is 0 Å². The van der Waals surface area contributed by atoms with Gasteiger partial charge in [-0.15, -0.1) is 12.4 Å². The van der Waals surface area contributed by atoms with E-state index in [0.29, 0.717) is 13.1 Å². The van der Waals surface area contributed by atoms with Crippen LogP contribution in [0.3, 0.4) is 0 Å². The largest absolute Gasteiger partial charge is 0.340 e. The summed E-state index contributed by atoms with van der Waals surface area (Å²) >= 11 is 0. The van der Waals surface area contributed by atoms with E-state index in [1.165, 1.54) is 16.5 Å². The molecular weight excluding hydrogens is 384 g/mol. The second kappa shape index (κ2) is 11.5. The molecule has 3 rings (SSSR count). The molecule has 1 amide bonds. The first-order valence-corrected chi connectivity index (χ1v) is 9.73. The molecule has 0 aliphatic carbocycles. The molecule has 0 aliphatic heterocycles. The molecule has 6 heteroatoms. The van der Waals surface area contributed by atoms with Crippen molar-refractivity contribution in [1.29, 1.82) is 0 Å². The monoisotopic (exact) mass is 412 g/mol. The van der Waals surface area contributed by atoms with E-state index in [2.05, 4.69) is 47.6 Å². The Labute approximate surface area is 178 Å². The Morgan fingerprint density at radius 1 is 1.10 bits per heavy atom. The van der Waals surface area contributed by atoms with Crippen LogP contribution in [0.2, 0.25) is 0 Å². The molecule has 1 heterocycles. The Kier molecular flexibility index (Phi) is 9.06. The van der Waals surface area contributed by atoms with E-state index in [1.807, 2.05) is 41.6 Å². The minimum atomic E-state index is -0.0113. The summed E-state index contributed by atoms with van der Waals surface area (Å²) in [7, 11) is 0. The molecule has 0 spiro atoms. The van der Waals surface area contributed by atoms with Crippen molar-refractivity contribution >= 4 is 29.1 Å². The number of nitrogens with two attached hydrogens (primary N) is 1. The zero-order valence-electron chi connectivity index (χ0n) is 16.8. The fraction of sp³-hybridized carbons (Fsp3) is 0.304. The van der Waals surface area contributed by atoms with Crippen molar-refractivity contribution < 1.29 is 4.79 Å². The molecule has 0 fully saturated rings. The van der Waals surface area contributed by atoms with Gasteiger partial charge in [0.25, 0.3) is 0 Å². The van der Waals surface area contributed by atoms with Crippen molar-refractivity contribution in [2.75, 3.05) is 19.6 Å². The maximum atomic E-state index is 12.3. The molecule has 0 radical (unpaired) electrons. The lowest BCUT2D eigenvalue weighted by Crippen LogP contribution is -2.45. The predicted molar refractivity (Wildman–Crippen MR) is 121 cm³/mol. The zero-order chi connectivity index (χ0) is 19.8. The SMILES string of the molecule is C[C@H](CN(CCc1ccccc1)C(=O)CN)NCc1ccc2cnccc2c1.Cl. The van der Waals surface area contributed by atoms with Gasteiger partial charge >= 0.3 is 0 Å². The molecule has 1 atom stereocenters. The quantitative estimate of drug-likeness (QED) is 0.566. The van der Waals surface area contributed by atoms with Crippen LogP contribution in [-0.4, -0.2) is 41.5 Å². The van der Waals surface area contributed by atoms with Gasteiger partial charge in [-0.1, -0.05) is 42.5 Å². The number of carbonyl (C=O) groups is 1. The average Bonchev–Trinajstić information content (AvgIpc) is 2.75. The first kappa shape index (κ1) is 22.8. The average molecular weight is 413 g/mol. The summed E-state index contributed by atoms with van der Waals surface area (Å²) in [6.07, 6.45) is 4.52. The number of nitrogens with one attached hydrogen (secondary N) is 1. The van der Waals surface area contributed by atoms with E-state index >= 15 is 0 Å². The molecule has 0 saturated heterocycles. The van der Waals surface area contributed by atoms with E-state index in [4.69, 9.17) is 5.73 Å². The summed E-state index contributed by atoms with van der Waals surface area (Å²) in [4.78, 5) is 18.3. The minimum Gasteiger partial charge on any atom is -0.340 e. The lowest BCUT2D eigenvalue weighted by Gasteiger charge is -2.26. The highest BCUT2D eigenvalue weighted by Gasteiger charge is 2.15. The number of fused-ring (bicyclic) bond motifs is 1. The number of amides is 1. The Bertz CT molecular complexity index is 904. The summed E-state index contributed by atoms with van der Waals surface area (Å²) in [6, 6.07) is 18.8. The first-order chi connectivity index (χ1) is 13.7. The number of nitrogens with zero attached hydrogens (tertiary/aromatic N) is 2. The third-order valence-electron chi connectivity index (χ3n) is 4.89. The van der Waals surface area contributed by atoms with Crippen molar-refractivity contribution in [3.05, 3.63) is 78.1 Å². The molecule has 0 aliphatic rings. The lowest BCUT2D eigenvalue weighted by molar-refractivity contribution is -0.130. The van der Waals surface area contributed by atoms with Gasteiger partial charge in [0.1, 0.15) is 0 Å². The summed E-state index contributed by atoms with van der Waals surface area (Å²) < 4.78 is 0. The Morgan fingerprint density at radius 2 is 1.90 bits per heavy atom. The van der Waals surface area contributed by atoms with Crippen molar-refractivity contribution in [3.63, 3.8) is 0 Å².